The molecule has 0 amide bonds. The fourth-order valence-electron chi connectivity index (χ4n) is 1.97. The van der Waals surface area contributed by atoms with Crippen LogP contribution in [0, 0.1) is 0 Å². The lowest BCUT2D eigenvalue weighted by Crippen LogP contribution is -2.01. The van der Waals surface area contributed by atoms with Crippen LogP contribution in [-0.2, 0) is 0 Å². The third-order valence-electron chi connectivity index (χ3n) is 2.81. The lowest BCUT2D eigenvalue weighted by molar-refractivity contribution is 0.205. The second-order valence-corrected chi connectivity index (χ2v) is 5.31. The first-order valence-corrected chi connectivity index (χ1v) is 7.22. The summed E-state index contributed by atoms with van der Waals surface area (Å²) < 4.78 is 0. The van der Waals surface area contributed by atoms with Crippen LogP contribution < -0.4 is 0 Å². The van der Waals surface area contributed by atoms with Gasteiger partial charge in [0.1, 0.15) is 0 Å². The first-order chi connectivity index (χ1) is 8.33. The number of aliphatic hydroxyl groups excluding tert-OH is 1. The molecule has 17 heavy (non-hydrogen) atoms. The molecule has 0 aromatic heterocycles. The molecule has 0 aliphatic rings. The van der Waals surface area contributed by atoms with Gasteiger partial charge in [-0.2, -0.15) is 11.8 Å². The van der Waals surface area contributed by atoms with Crippen molar-refractivity contribution in [2.75, 3.05) is 11.5 Å². The molecule has 0 radical (unpaired) electrons. The van der Waals surface area contributed by atoms with E-state index in [1.165, 1.54) is 10.8 Å². The Kier molecular flexibility index (Phi) is 4.46. The molecule has 2 rings (SSSR count). The van der Waals surface area contributed by atoms with Crippen molar-refractivity contribution in [3.8, 4) is 0 Å². The van der Waals surface area contributed by atoms with E-state index in [0.717, 1.165) is 23.5 Å². The van der Waals surface area contributed by atoms with Crippen molar-refractivity contribution in [3.63, 3.8) is 0 Å². The second-order valence-electron chi connectivity index (χ2n) is 4.16. The molecule has 0 spiro atoms. The van der Waals surface area contributed by atoms with Gasteiger partial charge in [0.2, 0.25) is 0 Å². The normalized spacial score (nSPS) is 12.8. The molecule has 0 fully saturated rings. The van der Waals surface area contributed by atoms with E-state index < -0.39 is 0 Å². The molecule has 90 valence electrons. The van der Waals surface area contributed by atoms with Gasteiger partial charge < -0.3 is 5.11 Å². The van der Waals surface area contributed by atoms with Gasteiger partial charge in [-0.3, -0.25) is 0 Å². The smallest absolute Gasteiger partial charge is 0.0886 e. The molecule has 0 saturated heterocycles. The van der Waals surface area contributed by atoms with Gasteiger partial charge in [0.25, 0.3) is 0 Å². The summed E-state index contributed by atoms with van der Waals surface area (Å²) in [5, 5.41) is 12.6. The van der Waals surface area contributed by atoms with Crippen LogP contribution in [0.25, 0.3) is 10.8 Å². The van der Waals surface area contributed by atoms with Crippen LogP contribution in [0.5, 0.6) is 0 Å². The van der Waals surface area contributed by atoms with Crippen molar-refractivity contribution in [3.05, 3.63) is 48.0 Å². The zero-order valence-corrected chi connectivity index (χ0v) is 10.9. The Morgan fingerprint density at radius 2 is 1.88 bits per heavy atom. The summed E-state index contributed by atoms with van der Waals surface area (Å²) >= 11 is 1.81. The Hall–Kier alpha value is -0.990. The third kappa shape index (κ3) is 3.02. The summed E-state index contributed by atoms with van der Waals surface area (Å²) in [5.74, 6) is 1.89. The Morgan fingerprint density at radius 1 is 1.12 bits per heavy atom. The van der Waals surface area contributed by atoms with Crippen molar-refractivity contribution in [2.24, 2.45) is 0 Å². The van der Waals surface area contributed by atoms with E-state index in [-0.39, 0.29) is 6.10 Å². The van der Waals surface area contributed by atoms with Crippen LogP contribution in [0.2, 0.25) is 0 Å². The minimum absolute atomic E-state index is 0.363. The highest BCUT2D eigenvalue weighted by Gasteiger charge is 2.10. The number of thioether (sulfide) groups is 1. The third-order valence-corrected chi connectivity index (χ3v) is 4.05. The zero-order valence-electron chi connectivity index (χ0n) is 10.1. The van der Waals surface area contributed by atoms with Gasteiger partial charge >= 0.3 is 0 Å². The average molecular weight is 246 g/mol. The van der Waals surface area contributed by atoms with Gasteiger partial charge in [-0.15, -0.1) is 0 Å². The van der Waals surface area contributed by atoms with Crippen LogP contribution in [0.1, 0.15) is 25.0 Å². The number of hydrogen-bond acceptors (Lipinski definition) is 2. The quantitative estimate of drug-likeness (QED) is 0.804. The molecular weight excluding hydrogens is 228 g/mol. The van der Waals surface area contributed by atoms with E-state index in [4.69, 9.17) is 0 Å². The lowest BCUT2D eigenvalue weighted by atomic mass is 10.0. The monoisotopic (exact) mass is 246 g/mol. The molecule has 2 aromatic rings. The minimum Gasteiger partial charge on any atom is -0.388 e. The topological polar surface area (TPSA) is 20.2 Å². The summed E-state index contributed by atoms with van der Waals surface area (Å²) in [5.41, 5.74) is 1.05. The Morgan fingerprint density at radius 3 is 2.71 bits per heavy atom. The number of hydrogen-bond donors (Lipinski definition) is 1. The van der Waals surface area contributed by atoms with Crippen LogP contribution in [-0.4, -0.2) is 16.6 Å². The van der Waals surface area contributed by atoms with Crippen molar-refractivity contribution < 1.29 is 5.11 Å². The first kappa shape index (κ1) is 12.5. The zero-order chi connectivity index (χ0) is 12.1. The summed E-state index contributed by atoms with van der Waals surface area (Å²) in [4.78, 5) is 0. The number of rotatable bonds is 5. The summed E-state index contributed by atoms with van der Waals surface area (Å²) in [6, 6.07) is 14.4. The fourth-order valence-corrected chi connectivity index (χ4v) is 2.83. The van der Waals surface area contributed by atoms with E-state index >= 15 is 0 Å². The maximum atomic E-state index is 10.2. The second kappa shape index (κ2) is 6.08. The van der Waals surface area contributed by atoms with E-state index in [1.54, 1.807) is 0 Å². The molecule has 0 heterocycles. The SMILES string of the molecule is CCCSCC(O)c1cccc2ccccc12. The predicted octanol–water partition coefficient (Wildman–Crippen LogP) is 4.02. The molecule has 2 heteroatoms. The van der Waals surface area contributed by atoms with Crippen LogP contribution in [0.15, 0.2) is 42.5 Å². The van der Waals surface area contributed by atoms with E-state index in [2.05, 4.69) is 25.1 Å². The van der Waals surface area contributed by atoms with Gasteiger partial charge in [0.05, 0.1) is 6.10 Å². The molecule has 0 aliphatic carbocycles. The van der Waals surface area contributed by atoms with Gasteiger partial charge in [0.15, 0.2) is 0 Å². The molecular formula is C15H18OS. The Balaban J connectivity index is 2.22. The predicted molar refractivity (Wildman–Crippen MR) is 76.5 cm³/mol. The van der Waals surface area contributed by atoms with E-state index in [1.807, 2.05) is 36.0 Å². The average Bonchev–Trinajstić information content (AvgIpc) is 2.38. The van der Waals surface area contributed by atoms with Crippen molar-refractivity contribution in [2.45, 2.75) is 19.4 Å². The lowest BCUT2D eigenvalue weighted by Gasteiger charge is -2.13. The highest BCUT2D eigenvalue weighted by molar-refractivity contribution is 7.99. The molecule has 0 saturated carbocycles. The number of benzene rings is 2. The minimum atomic E-state index is -0.363. The number of aliphatic hydroxyl groups is 1. The summed E-state index contributed by atoms with van der Waals surface area (Å²) in [6.07, 6.45) is 0.796. The highest BCUT2D eigenvalue weighted by Crippen LogP contribution is 2.26. The molecule has 2 aromatic carbocycles. The number of fused-ring (bicyclic) bond motifs is 1. The van der Waals surface area contributed by atoms with Crippen LogP contribution in [0.3, 0.4) is 0 Å². The fraction of sp³-hybridized carbons (Fsp3) is 0.333. The van der Waals surface area contributed by atoms with Crippen LogP contribution >= 0.6 is 11.8 Å². The standard InChI is InChI=1S/C15H18OS/c1-2-10-17-11-15(16)14-9-5-7-12-6-3-4-8-13(12)14/h3-9,15-16H,2,10-11H2,1H3. The Labute approximate surface area is 107 Å². The van der Waals surface area contributed by atoms with Gasteiger partial charge in [-0.25, -0.2) is 0 Å². The molecule has 0 bridgehead atoms. The maximum Gasteiger partial charge on any atom is 0.0886 e. The van der Waals surface area contributed by atoms with E-state index in [9.17, 15) is 5.11 Å². The first-order valence-electron chi connectivity index (χ1n) is 6.06. The summed E-state index contributed by atoms with van der Waals surface area (Å²) in [6.45, 7) is 2.16. The Bertz CT molecular complexity index is 476. The molecule has 1 atom stereocenters. The maximum absolute atomic E-state index is 10.2. The largest absolute Gasteiger partial charge is 0.388 e. The summed E-state index contributed by atoms with van der Waals surface area (Å²) in [7, 11) is 0. The van der Waals surface area contributed by atoms with Crippen molar-refractivity contribution in [1.29, 1.82) is 0 Å². The van der Waals surface area contributed by atoms with E-state index in [0.29, 0.717) is 0 Å². The van der Waals surface area contributed by atoms with Crippen LogP contribution in [0.4, 0.5) is 0 Å². The van der Waals surface area contributed by atoms with Gasteiger partial charge in [-0.05, 0) is 28.5 Å². The molecule has 1 unspecified atom stereocenters. The molecule has 1 nitrogen and oxygen atoms in total. The molecule has 0 aliphatic heterocycles. The highest BCUT2D eigenvalue weighted by atomic mass is 32.2. The van der Waals surface area contributed by atoms with Crippen molar-refractivity contribution >= 4 is 22.5 Å². The van der Waals surface area contributed by atoms with Gasteiger partial charge in [0, 0.05) is 5.75 Å². The molecule has 1 N–H and O–H groups in total. The van der Waals surface area contributed by atoms with Gasteiger partial charge in [-0.1, -0.05) is 49.4 Å². The van der Waals surface area contributed by atoms with Crippen molar-refractivity contribution in [1.82, 2.24) is 0 Å².